The molecule has 0 aliphatic heterocycles. The highest BCUT2D eigenvalue weighted by Gasteiger charge is 2.21. The molecule has 0 spiro atoms. The molecule has 7 nitrogen and oxygen atoms in total. The van der Waals surface area contributed by atoms with Gasteiger partial charge in [0.05, 0.1) is 5.52 Å². The van der Waals surface area contributed by atoms with Crippen LogP contribution in [0.4, 0.5) is 4.39 Å². The Bertz CT molecular complexity index is 1000. The van der Waals surface area contributed by atoms with Crippen LogP contribution in [0.25, 0.3) is 5.52 Å². The van der Waals surface area contributed by atoms with Crippen LogP contribution in [0.5, 0.6) is 0 Å². The summed E-state index contributed by atoms with van der Waals surface area (Å²) in [6, 6.07) is 11.7. The summed E-state index contributed by atoms with van der Waals surface area (Å²) in [6.07, 6.45) is 2.72. The van der Waals surface area contributed by atoms with Crippen LogP contribution in [-0.4, -0.2) is 48.0 Å². The van der Waals surface area contributed by atoms with Gasteiger partial charge in [0.2, 0.25) is 5.82 Å². The molecule has 2 amide bonds. The first-order valence-corrected chi connectivity index (χ1v) is 9.37. The van der Waals surface area contributed by atoms with E-state index in [9.17, 15) is 14.0 Å². The van der Waals surface area contributed by atoms with E-state index in [1.54, 1.807) is 54.1 Å². The van der Waals surface area contributed by atoms with Crippen molar-refractivity contribution >= 4 is 17.3 Å². The van der Waals surface area contributed by atoms with E-state index in [1.807, 2.05) is 0 Å². The molecule has 3 rings (SSSR count). The number of hydrogen-bond donors (Lipinski definition) is 2. The van der Waals surface area contributed by atoms with Gasteiger partial charge in [-0.1, -0.05) is 24.3 Å². The van der Waals surface area contributed by atoms with Crippen LogP contribution in [0.15, 0.2) is 48.7 Å². The van der Waals surface area contributed by atoms with Gasteiger partial charge in [0, 0.05) is 33.0 Å². The van der Waals surface area contributed by atoms with Crippen molar-refractivity contribution in [2.75, 3.05) is 26.8 Å². The van der Waals surface area contributed by atoms with Crippen molar-refractivity contribution < 1.29 is 18.7 Å². The van der Waals surface area contributed by atoms with Crippen LogP contribution >= 0.6 is 0 Å². The fourth-order valence-corrected chi connectivity index (χ4v) is 2.96. The Balaban J connectivity index is 1.71. The van der Waals surface area contributed by atoms with Gasteiger partial charge in [0.1, 0.15) is 5.82 Å². The molecule has 8 heteroatoms. The number of nitrogens with zero attached hydrogens (tertiary/aromatic N) is 2. The molecular weight excluding hydrogens is 375 g/mol. The molecule has 152 valence electrons. The van der Waals surface area contributed by atoms with Gasteiger partial charge in [-0.25, -0.2) is 9.37 Å². The second-order valence-corrected chi connectivity index (χ2v) is 6.44. The zero-order valence-electron chi connectivity index (χ0n) is 16.2. The number of benzene rings is 1. The summed E-state index contributed by atoms with van der Waals surface area (Å²) in [5.74, 6) is -0.949. The predicted octanol–water partition coefficient (Wildman–Crippen LogP) is 2.21. The summed E-state index contributed by atoms with van der Waals surface area (Å²) in [4.78, 5) is 29.4. The lowest BCUT2D eigenvalue weighted by Crippen LogP contribution is -2.28. The van der Waals surface area contributed by atoms with Crippen molar-refractivity contribution in [3.05, 3.63) is 71.6 Å². The van der Waals surface area contributed by atoms with Crippen LogP contribution in [0.2, 0.25) is 0 Å². The quantitative estimate of drug-likeness (QED) is 0.542. The summed E-state index contributed by atoms with van der Waals surface area (Å²) in [6.45, 7) is 1.24. The maximum absolute atomic E-state index is 13.7. The van der Waals surface area contributed by atoms with E-state index in [0.29, 0.717) is 37.1 Å². The molecule has 2 N–H and O–H groups in total. The SMILES string of the molecule is COCCCNC(=O)c1nc(C(=O)NCCc2ccccc2F)c2ccccn12. The molecule has 0 radical (unpaired) electrons. The molecule has 0 fully saturated rings. The van der Waals surface area contributed by atoms with E-state index in [4.69, 9.17) is 4.74 Å². The Morgan fingerprint density at radius 1 is 1.07 bits per heavy atom. The number of rotatable bonds is 9. The Hall–Kier alpha value is -3.26. The van der Waals surface area contributed by atoms with Gasteiger partial charge in [-0.15, -0.1) is 0 Å². The van der Waals surface area contributed by atoms with Gasteiger partial charge in [-0.05, 0) is 36.6 Å². The molecule has 0 unspecified atom stereocenters. The molecule has 29 heavy (non-hydrogen) atoms. The number of carbonyl (C=O) groups excluding carboxylic acids is 2. The number of fused-ring (bicyclic) bond motifs is 1. The molecule has 0 aliphatic rings. The van der Waals surface area contributed by atoms with Crippen molar-refractivity contribution in [1.82, 2.24) is 20.0 Å². The molecule has 1 aromatic carbocycles. The third-order valence-corrected chi connectivity index (χ3v) is 4.42. The Labute approximate surface area is 167 Å². The summed E-state index contributed by atoms with van der Waals surface area (Å²) in [7, 11) is 1.60. The third kappa shape index (κ3) is 4.97. The minimum Gasteiger partial charge on any atom is -0.385 e. The fraction of sp³-hybridized carbons (Fsp3) is 0.286. The van der Waals surface area contributed by atoms with Gasteiger partial charge < -0.3 is 15.4 Å². The van der Waals surface area contributed by atoms with Crippen LogP contribution in [-0.2, 0) is 11.2 Å². The monoisotopic (exact) mass is 398 g/mol. The number of methoxy groups -OCH3 is 1. The van der Waals surface area contributed by atoms with Crippen LogP contribution in [0.1, 0.15) is 33.1 Å². The number of halogens is 1. The molecule has 0 atom stereocenters. The molecule has 0 saturated carbocycles. The standard InChI is InChI=1S/C21H23FN4O3/c1-29-14-6-11-23-21(28)19-25-18(17-9-4-5-13-26(17)19)20(27)24-12-10-15-7-2-3-8-16(15)22/h2-5,7-9,13H,6,10-12,14H2,1H3,(H,23,28)(H,24,27). The van der Waals surface area contributed by atoms with E-state index < -0.39 is 5.91 Å². The largest absolute Gasteiger partial charge is 0.385 e. The zero-order valence-corrected chi connectivity index (χ0v) is 16.2. The van der Waals surface area contributed by atoms with Crippen LogP contribution in [0.3, 0.4) is 0 Å². The summed E-state index contributed by atoms with van der Waals surface area (Å²) in [5.41, 5.74) is 1.21. The topological polar surface area (TPSA) is 84.7 Å². The van der Waals surface area contributed by atoms with E-state index in [1.165, 1.54) is 6.07 Å². The molecule has 0 saturated heterocycles. The highest BCUT2D eigenvalue weighted by Crippen LogP contribution is 2.13. The van der Waals surface area contributed by atoms with Crippen molar-refractivity contribution in [2.24, 2.45) is 0 Å². The average molecular weight is 398 g/mol. The predicted molar refractivity (Wildman–Crippen MR) is 106 cm³/mol. The number of aromatic nitrogens is 2. The minimum atomic E-state index is -0.413. The lowest BCUT2D eigenvalue weighted by Gasteiger charge is -2.05. The normalized spacial score (nSPS) is 10.8. The Kier molecular flexibility index (Phi) is 6.91. The van der Waals surface area contributed by atoms with Gasteiger partial charge in [-0.2, -0.15) is 0 Å². The number of nitrogens with one attached hydrogen (secondary N) is 2. The molecular formula is C21H23FN4O3. The van der Waals surface area contributed by atoms with Gasteiger partial charge >= 0.3 is 0 Å². The van der Waals surface area contributed by atoms with Crippen molar-refractivity contribution in [2.45, 2.75) is 12.8 Å². The van der Waals surface area contributed by atoms with E-state index >= 15 is 0 Å². The minimum absolute atomic E-state index is 0.136. The molecule has 2 aromatic heterocycles. The third-order valence-electron chi connectivity index (χ3n) is 4.42. The number of imidazole rings is 1. The summed E-state index contributed by atoms with van der Waals surface area (Å²) < 4.78 is 20.3. The lowest BCUT2D eigenvalue weighted by molar-refractivity contribution is 0.0937. The van der Waals surface area contributed by atoms with Gasteiger partial charge in [-0.3, -0.25) is 14.0 Å². The second-order valence-electron chi connectivity index (χ2n) is 6.44. The Morgan fingerprint density at radius 2 is 1.83 bits per heavy atom. The smallest absolute Gasteiger partial charge is 0.287 e. The maximum atomic E-state index is 13.7. The maximum Gasteiger partial charge on any atom is 0.287 e. The summed E-state index contributed by atoms with van der Waals surface area (Å²) >= 11 is 0. The second kappa shape index (κ2) is 9.79. The first kappa shape index (κ1) is 20.5. The molecule has 0 bridgehead atoms. The van der Waals surface area contributed by atoms with E-state index in [0.717, 1.165) is 0 Å². The first-order chi connectivity index (χ1) is 14.1. The van der Waals surface area contributed by atoms with Crippen molar-refractivity contribution in [1.29, 1.82) is 0 Å². The van der Waals surface area contributed by atoms with Crippen molar-refractivity contribution in [3.8, 4) is 0 Å². The highest BCUT2D eigenvalue weighted by atomic mass is 19.1. The van der Waals surface area contributed by atoms with Crippen LogP contribution < -0.4 is 10.6 Å². The van der Waals surface area contributed by atoms with E-state index in [-0.39, 0.29) is 29.8 Å². The number of hydrogen-bond acceptors (Lipinski definition) is 4. The molecule has 2 heterocycles. The van der Waals surface area contributed by atoms with Crippen molar-refractivity contribution in [3.63, 3.8) is 0 Å². The number of pyridine rings is 1. The first-order valence-electron chi connectivity index (χ1n) is 9.37. The van der Waals surface area contributed by atoms with E-state index in [2.05, 4.69) is 15.6 Å². The number of ether oxygens (including phenoxy) is 1. The zero-order chi connectivity index (χ0) is 20.6. The number of carbonyl (C=O) groups is 2. The van der Waals surface area contributed by atoms with Gasteiger partial charge in [0.15, 0.2) is 5.69 Å². The number of amides is 2. The van der Waals surface area contributed by atoms with Gasteiger partial charge in [0.25, 0.3) is 11.8 Å². The van der Waals surface area contributed by atoms with Crippen LogP contribution in [0, 0.1) is 5.82 Å². The molecule has 3 aromatic rings. The highest BCUT2D eigenvalue weighted by molar-refractivity contribution is 6.02. The fourth-order valence-electron chi connectivity index (χ4n) is 2.96. The lowest BCUT2D eigenvalue weighted by atomic mass is 10.1. The summed E-state index contributed by atoms with van der Waals surface area (Å²) in [5, 5.41) is 5.52. The average Bonchev–Trinajstić information content (AvgIpc) is 3.12. The Morgan fingerprint density at radius 3 is 2.62 bits per heavy atom. The molecule has 0 aliphatic carbocycles.